The van der Waals surface area contributed by atoms with Crippen LogP contribution < -0.4 is 16.6 Å². The molecule has 1 saturated carbocycles. The summed E-state index contributed by atoms with van der Waals surface area (Å²) in [6, 6.07) is 0.780. The van der Waals surface area contributed by atoms with Gasteiger partial charge >= 0.3 is 0 Å². The molecule has 0 aromatic carbocycles. The Bertz CT molecular complexity index is 391. The SMILES string of the molecule is NNC(=NC1CCCC1)N1CCC2NC(=O)CCC2C1. The van der Waals surface area contributed by atoms with Gasteiger partial charge in [0.05, 0.1) is 6.04 Å². The second-order valence-corrected chi connectivity index (χ2v) is 6.24. The minimum Gasteiger partial charge on any atom is -0.353 e. The lowest BCUT2D eigenvalue weighted by Crippen LogP contribution is -2.57. The van der Waals surface area contributed by atoms with Gasteiger partial charge in [0, 0.05) is 25.6 Å². The van der Waals surface area contributed by atoms with E-state index in [1.165, 1.54) is 25.7 Å². The summed E-state index contributed by atoms with van der Waals surface area (Å²) in [6.45, 7) is 1.86. The van der Waals surface area contributed by atoms with E-state index in [0.717, 1.165) is 31.9 Å². The molecule has 3 aliphatic rings. The summed E-state index contributed by atoms with van der Waals surface area (Å²) in [5, 5.41) is 3.11. The van der Waals surface area contributed by atoms with E-state index >= 15 is 0 Å². The van der Waals surface area contributed by atoms with Gasteiger partial charge in [-0.1, -0.05) is 12.8 Å². The van der Waals surface area contributed by atoms with Crippen LogP contribution in [-0.4, -0.2) is 41.9 Å². The Balaban J connectivity index is 1.63. The number of nitrogens with two attached hydrogens (primary N) is 1. The highest BCUT2D eigenvalue weighted by molar-refractivity contribution is 5.80. The molecule has 0 radical (unpaired) electrons. The molecular weight excluding hydrogens is 254 g/mol. The summed E-state index contributed by atoms with van der Waals surface area (Å²) in [6.07, 6.45) is 7.55. The van der Waals surface area contributed by atoms with E-state index in [9.17, 15) is 4.79 Å². The number of aliphatic imine (C=N–C) groups is 1. The van der Waals surface area contributed by atoms with E-state index in [1.54, 1.807) is 0 Å². The monoisotopic (exact) mass is 279 g/mol. The molecule has 0 spiro atoms. The van der Waals surface area contributed by atoms with E-state index in [2.05, 4.69) is 15.6 Å². The first-order valence-electron chi connectivity index (χ1n) is 7.85. The highest BCUT2D eigenvalue weighted by Crippen LogP contribution is 2.26. The second-order valence-electron chi connectivity index (χ2n) is 6.24. The molecule has 3 fully saturated rings. The van der Waals surface area contributed by atoms with Crippen LogP contribution in [0.5, 0.6) is 0 Å². The van der Waals surface area contributed by atoms with Gasteiger partial charge in [0.1, 0.15) is 0 Å². The zero-order valence-corrected chi connectivity index (χ0v) is 12.0. The highest BCUT2D eigenvalue weighted by Gasteiger charge is 2.34. The molecule has 6 nitrogen and oxygen atoms in total. The van der Waals surface area contributed by atoms with E-state index in [1.807, 2.05) is 0 Å². The zero-order valence-electron chi connectivity index (χ0n) is 12.0. The minimum atomic E-state index is 0.205. The number of likely N-dealkylation sites (tertiary alicyclic amines) is 1. The van der Waals surface area contributed by atoms with Crippen LogP contribution in [0.4, 0.5) is 0 Å². The number of hydrazine groups is 1. The van der Waals surface area contributed by atoms with Crippen LogP contribution in [0.3, 0.4) is 0 Å². The van der Waals surface area contributed by atoms with Crippen molar-refractivity contribution in [1.29, 1.82) is 0 Å². The third-order valence-electron chi connectivity index (χ3n) is 4.88. The molecule has 20 heavy (non-hydrogen) atoms. The van der Waals surface area contributed by atoms with Gasteiger partial charge in [0.15, 0.2) is 0 Å². The van der Waals surface area contributed by atoms with Gasteiger partial charge in [-0.25, -0.2) is 10.8 Å². The first-order chi connectivity index (χ1) is 9.76. The largest absolute Gasteiger partial charge is 0.353 e. The molecule has 0 bridgehead atoms. The van der Waals surface area contributed by atoms with E-state index in [4.69, 9.17) is 10.8 Å². The van der Waals surface area contributed by atoms with Crippen molar-refractivity contribution in [2.24, 2.45) is 16.8 Å². The van der Waals surface area contributed by atoms with Gasteiger partial charge in [-0.3, -0.25) is 10.2 Å². The predicted octanol–water partition coefficient (Wildman–Crippen LogP) is 0.349. The molecule has 1 aliphatic carbocycles. The predicted molar refractivity (Wildman–Crippen MR) is 77.9 cm³/mol. The minimum absolute atomic E-state index is 0.205. The van der Waals surface area contributed by atoms with Crippen LogP contribution in [0.25, 0.3) is 0 Å². The molecule has 2 heterocycles. The molecular formula is C14H25N5O. The van der Waals surface area contributed by atoms with Crippen molar-refractivity contribution in [3.63, 3.8) is 0 Å². The molecule has 2 aliphatic heterocycles. The molecule has 0 aromatic heterocycles. The summed E-state index contributed by atoms with van der Waals surface area (Å²) in [7, 11) is 0. The maximum absolute atomic E-state index is 11.4. The Labute approximate surface area is 120 Å². The van der Waals surface area contributed by atoms with Gasteiger partial charge in [-0.15, -0.1) is 0 Å². The van der Waals surface area contributed by atoms with Gasteiger partial charge in [0.2, 0.25) is 11.9 Å². The lowest BCUT2D eigenvalue weighted by atomic mass is 9.85. The van der Waals surface area contributed by atoms with Crippen LogP contribution in [0.2, 0.25) is 0 Å². The van der Waals surface area contributed by atoms with Crippen LogP contribution in [0.1, 0.15) is 44.9 Å². The Hall–Kier alpha value is -1.30. The lowest BCUT2D eigenvalue weighted by molar-refractivity contribution is -0.125. The van der Waals surface area contributed by atoms with Gasteiger partial charge in [0.25, 0.3) is 0 Å². The lowest BCUT2D eigenvalue weighted by Gasteiger charge is -2.42. The number of fused-ring (bicyclic) bond motifs is 1. The fraction of sp³-hybridized carbons (Fsp3) is 0.857. The highest BCUT2D eigenvalue weighted by atomic mass is 16.1. The van der Waals surface area contributed by atoms with E-state index in [-0.39, 0.29) is 5.91 Å². The van der Waals surface area contributed by atoms with Crippen molar-refractivity contribution in [3.05, 3.63) is 0 Å². The number of rotatable bonds is 1. The molecule has 4 N–H and O–H groups in total. The third kappa shape index (κ3) is 2.90. The van der Waals surface area contributed by atoms with Crippen molar-refractivity contribution in [2.45, 2.75) is 57.0 Å². The number of carbonyl (C=O) groups excluding carboxylic acids is 1. The maximum Gasteiger partial charge on any atom is 0.220 e. The number of amides is 1. The standard InChI is InChI=1S/C14H25N5O/c15-18-14(16-11-3-1-2-4-11)19-8-7-12-10(9-19)5-6-13(20)17-12/h10-12H,1-9,15H2,(H,16,18)(H,17,20). The average molecular weight is 279 g/mol. The van der Waals surface area contributed by atoms with Crippen LogP contribution in [0, 0.1) is 5.92 Å². The topological polar surface area (TPSA) is 82.8 Å². The Morgan fingerprint density at radius 2 is 2.10 bits per heavy atom. The molecule has 2 atom stereocenters. The van der Waals surface area contributed by atoms with Crippen molar-refractivity contribution >= 4 is 11.9 Å². The number of hydrogen-bond donors (Lipinski definition) is 3. The maximum atomic E-state index is 11.4. The number of nitrogens with zero attached hydrogens (tertiary/aromatic N) is 2. The Morgan fingerprint density at radius 3 is 2.85 bits per heavy atom. The first kappa shape index (κ1) is 13.7. The van der Waals surface area contributed by atoms with Crippen LogP contribution >= 0.6 is 0 Å². The van der Waals surface area contributed by atoms with Crippen molar-refractivity contribution in [2.75, 3.05) is 13.1 Å². The molecule has 2 unspecified atom stereocenters. The number of carbonyl (C=O) groups is 1. The summed E-state index contributed by atoms with van der Waals surface area (Å²) in [4.78, 5) is 18.5. The molecule has 1 amide bonds. The zero-order chi connectivity index (χ0) is 13.9. The van der Waals surface area contributed by atoms with Crippen molar-refractivity contribution in [1.82, 2.24) is 15.6 Å². The summed E-state index contributed by atoms with van der Waals surface area (Å²) in [5.74, 6) is 7.26. The molecule has 3 rings (SSSR count). The number of nitrogens with one attached hydrogen (secondary N) is 2. The average Bonchev–Trinajstić information content (AvgIpc) is 2.97. The van der Waals surface area contributed by atoms with Crippen LogP contribution in [0.15, 0.2) is 4.99 Å². The fourth-order valence-corrected chi connectivity index (χ4v) is 3.72. The van der Waals surface area contributed by atoms with Crippen LogP contribution in [-0.2, 0) is 4.79 Å². The number of piperidine rings is 2. The van der Waals surface area contributed by atoms with Gasteiger partial charge < -0.3 is 10.2 Å². The fourth-order valence-electron chi connectivity index (χ4n) is 3.72. The normalized spacial score (nSPS) is 31.9. The molecule has 2 saturated heterocycles. The second kappa shape index (κ2) is 5.99. The smallest absolute Gasteiger partial charge is 0.220 e. The number of guanidine groups is 1. The van der Waals surface area contributed by atoms with E-state index in [0.29, 0.717) is 24.4 Å². The number of hydrogen-bond acceptors (Lipinski definition) is 3. The summed E-state index contributed by atoms with van der Waals surface area (Å²) in [5.41, 5.74) is 2.79. The van der Waals surface area contributed by atoms with Crippen molar-refractivity contribution < 1.29 is 4.79 Å². The first-order valence-corrected chi connectivity index (χ1v) is 7.85. The quantitative estimate of drug-likeness (QED) is 0.280. The summed E-state index contributed by atoms with van der Waals surface area (Å²) < 4.78 is 0. The Kier molecular flexibility index (Phi) is 4.10. The Morgan fingerprint density at radius 1 is 1.30 bits per heavy atom. The van der Waals surface area contributed by atoms with Crippen molar-refractivity contribution in [3.8, 4) is 0 Å². The summed E-state index contributed by atoms with van der Waals surface area (Å²) >= 11 is 0. The van der Waals surface area contributed by atoms with E-state index < -0.39 is 0 Å². The molecule has 0 aromatic rings. The molecule has 6 heteroatoms. The van der Waals surface area contributed by atoms with Gasteiger partial charge in [-0.2, -0.15) is 0 Å². The third-order valence-corrected chi connectivity index (χ3v) is 4.88. The van der Waals surface area contributed by atoms with Gasteiger partial charge in [-0.05, 0) is 31.6 Å². The molecule has 112 valence electrons.